The second-order valence-electron chi connectivity index (χ2n) is 6.14. The highest BCUT2D eigenvalue weighted by Gasteiger charge is 2.41. The number of ether oxygens (including phenoxy) is 1. The zero-order valence-electron chi connectivity index (χ0n) is 13.0. The van der Waals surface area contributed by atoms with Crippen molar-refractivity contribution in [2.24, 2.45) is 0 Å². The van der Waals surface area contributed by atoms with E-state index in [0.717, 1.165) is 24.1 Å². The number of nitrogens with one attached hydrogen (secondary N) is 1. The summed E-state index contributed by atoms with van der Waals surface area (Å²) < 4.78 is 10.5. The van der Waals surface area contributed by atoms with Crippen LogP contribution in [0, 0.1) is 13.8 Å². The third-order valence-corrected chi connectivity index (χ3v) is 4.62. The van der Waals surface area contributed by atoms with Gasteiger partial charge in [0.15, 0.2) is 0 Å². The summed E-state index contributed by atoms with van der Waals surface area (Å²) in [6.07, 6.45) is 2.27. The smallest absolute Gasteiger partial charge is 0.407 e. The highest BCUT2D eigenvalue weighted by molar-refractivity contribution is 5.79. The van der Waals surface area contributed by atoms with E-state index in [1.54, 1.807) is 0 Å². The van der Waals surface area contributed by atoms with E-state index in [4.69, 9.17) is 9.26 Å². The number of carbonyl (C=O) groups excluding carboxylic acids is 2. The lowest BCUT2D eigenvalue weighted by atomic mass is 9.95. The maximum atomic E-state index is 12.5. The molecule has 0 unspecified atom stereocenters. The van der Waals surface area contributed by atoms with E-state index in [9.17, 15) is 9.59 Å². The molecule has 3 heterocycles. The van der Waals surface area contributed by atoms with Gasteiger partial charge in [0.25, 0.3) is 0 Å². The molecule has 0 aliphatic carbocycles. The standard InChI is InChI=1S/C15H21N3O4/c1-10-12(11(2)22-17-10)8-13(19)18-6-3-4-15(5-7-18)9-16-14(20)21-15/h3-9H2,1-2H3,(H,16,20)/t15-/m0/s1. The Morgan fingerprint density at radius 2 is 2.18 bits per heavy atom. The zero-order chi connectivity index (χ0) is 15.7. The summed E-state index contributed by atoms with van der Waals surface area (Å²) >= 11 is 0. The second-order valence-corrected chi connectivity index (χ2v) is 6.14. The summed E-state index contributed by atoms with van der Waals surface area (Å²) in [6.45, 7) is 5.51. The number of amides is 2. The molecule has 7 nitrogen and oxygen atoms in total. The minimum Gasteiger partial charge on any atom is -0.441 e. The molecule has 2 fully saturated rings. The molecule has 2 saturated heterocycles. The van der Waals surface area contributed by atoms with Crippen LogP contribution in [0.5, 0.6) is 0 Å². The lowest BCUT2D eigenvalue weighted by Crippen LogP contribution is -2.37. The number of aromatic nitrogens is 1. The van der Waals surface area contributed by atoms with E-state index in [0.29, 0.717) is 38.2 Å². The Kier molecular flexibility index (Phi) is 3.80. The minimum atomic E-state index is -0.435. The molecule has 2 aliphatic rings. The molecule has 0 bridgehead atoms. The summed E-state index contributed by atoms with van der Waals surface area (Å²) in [4.78, 5) is 25.7. The van der Waals surface area contributed by atoms with Crippen molar-refractivity contribution in [1.29, 1.82) is 0 Å². The van der Waals surface area contributed by atoms with Crippen LogP contribution in [-0.4, -0.2) is 47.3 Å². The van der Waals surface area contributed by atoms with E-state index in [-0.39, 0.29) is 12.0 Å². The Hall–Kier alpha value is -2.05. The number of aryl methyl sites for hydroxylation is 2. The maximum absolute atomic E-state index is 12.5. The normalized spacial score (nSPS) is 25.0. The summed E-state index contributed by atoms with van der Waals surface area (Å²) in [7, 11) is 0. The molecule has 0 saturated carbocycles. The van der Waals surface area contributed by atoms with Gasteiger partial charge >= 0.3 is 6.09 Å². The van der Waals surface area contributed by atoms with Crippen LogP contribution in [-0.2, 0) is 16.0 Å². The number of alkyl carbamates (subject to hydrolysis) is 1. The number of likely N-dealkylation sites (tertiary alicyclic amines) is 1. The van der Waals surface area contributed by atoms with Crippen molar-refractivity contribution in [3.63, 3.8) is 0 Å². The van der Waals surface area contributed by atoms with Gasteiger partial charge in [-0.1, -0.05) is 5.16 Å². The first-order valence-corrected chi connectivity index (χ1v) is 7.65. The van der Waals surface area contributed by atoms with Crippen molar-refractivity contribution in [2.75, 3.05) is 19.6 Å². The lowest BCUT2D eigenvalue weighted by Gasteiger charge is -2.25. The fourth-order valence-electron chi connectivity index (χ4n) is 3.22. The second kappa shape index (κ2) is 5.62. The summed E-state index contributed by atoms with van der Waals surface area (Å²) in [6, 6.07) is 0. The van der Waals surface area contributed by atoms with Crippen LogP contribution in [0.3, 0.4) is 0 Å². The quantitative estimate of drug-likeness (QED) is 0.891. The van der Waals surface area contributed by atoms with Gasteiger partial charge in [-0.15, -0.1) is 0 Å². The van der Waals surface area contributed by atoms with E-state index in [1.807, 2.05) is 18.7 Å². The van der Waals surface area contributed by atoms with Gasteiger partial charge in [0.1, 0.15) is 11.4 Å². The van der Waals surface area contributed by atoms with Crippen LogP contribution in [0.1, 0.15) is 36.3 Å². The molecule has 3 rings (SSSR count). The van der Waals surface area contributed by atoms with Crippen molar-refractivity contribution in [1.82, 2.24) is 15.4 Å². The molecule has 2 aliphatic heterocycles. The first-order chi connectivity index (χ1) is 10.5. The van der Waals surface area contributed by atoms with E-state index >= 15 is 0 Å². The molecule has 0 radical (unpaired) electrons. The highest BCUT2D eigenvalue weighted by Crippen LogP contribution is 2.29. The van der Waals surface area contributed by atoms with Crippen LogP contribution < -0.4 is 5.32 Å². The van der Waals surface area contributed by atoms with Crippen molar-refractivity contribution in [2.45, 2.75) is 45.1 Å². The summed E-state index contributed by atoms with van der Waals surface area (Å²) in [5, 5.41) is 6.61. The molecule has 1 spiro atoms. The predicted molar refractivity (Wildman–Crippen MR) is 77.3 cm³/mol. The van der Waals surface area contributed by atoms with E-state index in [2.05, 4.69) is 10.5 Å². The average Bonchev–Trinajstić information content (AvgIpc) is 2.91. The Labute approximate surface area is 129 Å². The molecule has 1 N–H and O–H groups in total. The Balaban J connectivity index is 1.63. The van der Waals surface area contributed by atoms with Crippen LogP contribution in [0.4, 0.5) is 4.79 Å². The molecule has 0 aromatic carbocycles. The number of hydrogen-bond donors (Lipinski definition) is 1. The molecule has 1 aromatic rings. The third-order valence-electron chi connectivity index (χ3n) is 4.62. The average molecular weight is 307 g/mol. The predicted octanol–water partition coefficient (Wildman–Crippen LogP) is 1.33. The molecule has 2 amide bonds. The topological polar surface area (TPSA) is 84.7 Å². The first kappa shape index (κ1) is 14.9. The molecular formula is C15H21N3O4. The lowest BCUT2D eigenvalue weighted by molar-refractivity contribution is -0.130. The van der Waals surface area contributed by atoms with Gasteiger partial charge in [0.2, 0.25) is 5.91 Å². The zero-order valence-corrected chi connectivity index (χ0v) is 13.0. The molecule has 1 atom stereocenters. The maximum Gasteiger partial charge on any atom is 0.407 e. The fourth-order valence-corrected chi connectivity index (χ4v) is 3.22. The van der Waals surface area contributed by atoms with Gasteiger partial charge in [-0.25, -0.2) is 4.79 Å². The first-order valence-electron chi connectivity index (χ1n) is 7.65. The van der Waals surface area contributed by atoms with Crippen molar-refractivity contribution in [3.05, 3.63) is 17.0 Å². The SMILES string of the molecule is Cc1noc(C)c1CC(=O)N1CCC[C@]2(CC1)CNC(=O)O2. The van der Waals surface area contributed by atoms with Crippen LogP contribution in [0.2, 0.25) is 0 Å². The van der Waals surface area contributed by atoms with Gasteiger partial charge in [-0.3, -0.25) is 4.79 Å². The largest absolute Gasteiger partial charge is 0.441 e. The minimum absolute atomic E-state index is 0.0729. The van der Waals surface area contributed by atoms with Gasteiger partial charge in [0, 0.05) is 25.1 Å². The van der Waals surface area contributed by atoms with Crippen LogP contribution in [0.25, 0.3) is 0 Å². The third kappa shape index (κ3) is 2.80. The van der Waals surface area contributed by atoms with Gasteiger partial charge in [-0.2, -0.15) is 0 Å². The Morgan fingerprint density at radius 1 is 1.36 bits per heavy atom. The Morgan fingerprint density at radius 3 is 2.82 bits per heavy atom. The van der Waals surface area contributed by atoms with Crippen molar-refractivity contribution < 1.29 is 18.8 Å². The van der Waals surface area contributed by atoms with Crippen molar-refractivity contribution >= 4 is 12.0 Å². The molecule has 7 heteroatoms. The number of nitrogens with zero attached hydrogens (tertiary/aromatic N) is 2. The molecule has 22 heavy (non-hydrogen) atoms. The van der Waals surface area contributed by atoms with Crippen LogP contribution in [0.15, 0.2) is 4.52 Å². The van der Waals surface area contributed by atoms with Crippen molar-refractivity contribution in [3.8, 4) is 0 Å². The van der Waals surface area contributed by atoms with Gasteiger partial charge in [0.05, 0.1) is 18.7 Å². The van der Waals surface area contributed by atoms with Crippen LogP contribution >= 0.6 is 0 Å². The Bertz CT molecular complexity index is 578. The highest BCUT2D eigenvalue weighted by atomic mass is 16.6. The van der Waals surface area contributed by atoms with E-state index in [1.165, 1.54) is 0 Å². The number of hydrogen-bond acceptors (Lipinski definition) is 5. The number of rotatable bonds is 2. The molecule has 1 aromatic heterocycles. The summed E-state index contributed by atoms with van der Waals surface area (Å²) in [5.74, 6) is 0.773. The molecule has 120 valence electrons. The number of carbonyl (C=O) groups is 2. The summed E-state index contributed by atoms with van der Waals surface area (Å²) in [5.41, 5.74) is 1.21. The van der Waals surface area contributed by atoms with Gasteiger partial charge in [-0.05, 0) is 26.7 Å². The van der Waals surface area contributed by atoms with Gasteiger partial charge < -0.3 is 19.5 Å². The fraction of sp³-hybridized carbons (Fsp3) is 0.667. The molecular weight excluding hydrogens is 286 g/mol. The monoisotopic (exact) mass is 307 g/mol. The van der Waals surface area contributed by atoms with E-state index < -0.39 is 5.60 Å².